The lowest BCUT2D eigenvalue weighted by atomic mass is 9.95. The van der Waals surface area contributed by atoms with Crippen molar-refractivity contribution in [2.45, 2.75) is 40.2 Å². The first kappa shape index (κ1) is 15.2. The second-order valence-corrected chi connectivity index (χ2v) is 5.61. The van der Waals surface area contributed by atoms with Crippen LogP contribution in [-0.4, -0.2) is 15.6 Å². The summed E-state index contributed by atoms with van der Waals surface area (Å²) in [6, 6.07) is 9.52. The number of ketones is 1. The second-order valence-electron chi connectivity index (χ2n) is 5.61. The predicted octanol–water partition coefficient (Wildman–Crippen LogP) is 2.93. The molecule has 2 aromatic rings. The van der Waals surface area contributed by atoms with Crippen LogP contribution in [-0.2, 0) is 11.3 Å². The van der Waals surface area contributed by atoms with Crippen LogP contribution in [0.3, 0.4) is 0 Å². The zero-order valence-corrected chi connectivity index (χ0v) is 12.9. The van der Waals surface area contributed by atoms with Gasteiger partial charge >= 0.3 is 0 Å². The van der Waals surface area contributed by atoms with E-state index in [-0.39, 0.29) is 23.8 Å². The van der Waals surface area contributed by atoms with Crippen LogP contribution >= 0.6 is 0 Å². The molecule has 0 aliphatic rings. The summed E-state index contributed by atoms with van der Waals surface area (Å²) >= 11 is 0. The summed E-state index contributed by atoms with van der Waals surface area (Å²) in [6.45, 7) is 7.56. The zero-order chi connectivity index (χ0) is 15.6. The van der Waals surface area contributed by atoms with E-state index in [9.17, 15) is 9.59 Å². The maximum atomic E-state index is 12.2. The van der Waals surface area contributed by atoms with Crippen molar-refractivity contribution in [1.82, 2.24) is 9.78 Å². The summed E-state index contributed by atoms with van der Waals surface area (Å²) < 4.78 is 1.25. The summed E-state index contributed by atoms with van der Waals surface area (Å²) in [4.78, 5) is 23.4. The normalized spacial score (nSPS) is 10.9. The Morgan fingerprint density at radius 2 is 1.90 bits per heavy atom. The molecule has 0 atom stereocenters. The van der Waals surface area contributed by atoms with Crippen LogP contribution < -0.4 is 5.56 Å². The lowest BCUT2D eigenvalue weighted by molar-refractivity contribution is -0.117. The first-order chi connectivity index (χ1) is 9.90. The topological polar surface area (TPSA) is 52.0 Å². The monoisotopic (exact) mass is 284 g/mol. The molecule has 0 spiro atoms. The third kappa shape index (κ3) is 3.27. The molecule has 1 heterocycles. The number of aromatic nitrogens is 2. The number of hydrogen-bond donors (Lipinski definition) is 0. The Kier molecular flexibility index (Phi) is 4.36. The molecular weight excluding hydrogens is 264 g/mol. The molecule has 0 bridgehead atoms. The van der Waals surface area contributed by atoms with Crippen molar-refractivity contribution in [1.29, 1.82) is 0 Å². The molecule has 0 aliphatic heterocycles. The molecule has 0 aliphatic carbocycles. The third-order valence-corrected chi connectivity index (χ3v) is 3.38. The maximum absolute atomic E-state index is 12.2. The van der Waals surface area contributed by atoms with Gasteiger partial charge in [0.15, 0.2) is 5.78 Å². The Morgan fingerprint density at radius 1 is 1.24 bits per heavy atom. The summed E-state index contributed by atoms with van der Waals surface area (Å²) in [5.41, 5.74) is 3.57. The van der Waals surface area contributed by atoms with Crippen molar-refractivity contribution in [3.05, 3.63) is 51.9 Å². The number of carbonyl (C=O) groups is 1. The SMILES string of the molecule is CC(=O)Cn1nc(C(C)C)c(-c2ccccc2C)cc1=O. The summed E-state index contributed by atoms with van der Waals surface area (Å²) in [5, 5.41) is 4.41. The Hall–Kier alpha value is -2.23. The second kappa shape index (κ2) is 6.04. The number of benzene rings is 1. The van der Waals surface area contributed by atoms with Gasteiger partial charge in [0.25, 0.3) is 5.56 Å². The van der Waals surface area contributed by atoms with Crippen molar-refractivity contribution in [3.63, 3.8) is 0 Å². The van der Waals surface area contributed by atoms with Gasteiger partial charge in [-0.15, -0.1) is 0 Å². The van der Waals surface area contributed by atoms with Gasteiger partial charge in [0, 0.05) is 11.6 Å². The van der Waals surface area contributed by atoms with Gasteiger partial charge in [0.1, 0.15) is 6.54 Å². The van der Waals surface area contributed by atoms with Crippen molar-refractivity contribution in [2.24, 2.45) is 0 Å². The first-order valence-electron chi connectivity index (χ1n) is 7.07. The standard InChI is InChI=1S/C17H20N2O2/c1-11(2)17-15(14-8-6-5-7-12(14)3)9-16(21)19(18-17)10-13(4)20/h5-9,11H,10H2,1-4H3. The van der Waals surface area contributed by atoms with E-state index in [4.69, 9.17) is 0 Å². The van der Waals surface area contributed by atoms with E-state index in [2.05, 4.69) is 5.10 Å². The molecule has 0 saturated carbocycles. The number of hydrogen-bond acceptors (Lipinski definition) is 3. The van der Waals surface area contributed by atoms with Gasteiger partial charge < -0.3 is 0 Å². The maximum Gasteiger partial charge on any atom is 0.267 e. The quantitative estimate of drug-likeness (QED) is 0.867. The number of nitrogens with zero attached hydrogens (tertiary/aromatic N) is 2. The molecule has 0 amide bonds. The molecule has 1 aromatic carbocycles. The molecule has 2 rings (SSSR count). The van der Waals surface area contributed by atoms with Gasteiger partial charge in [-0.2, -0.15) is 5.10 Å². The summed E-state index contributed by atoms with van der Waals surface area (Å²) in [7, 11) is 0. The van der Waals surface area contributed by atoms with Gasteiger partial charge in [-0.05, 0) is 30.9 Å². The minimum Gasteiger partial charge on any atom is -0.298 e. The molecule has 0 saturated heterocycles. The highest BCUT2D eigenvalue weighted by atomic mass is 16.1. The Morgan fingerprint density at radius 3 is 2.48 bits per heavy atom. The molecule has 4 nitrogen and oxygen atoms in total. The van der Waals surface area contributed by atoms with Crippen molar-refractivity contribution < 1.29 is 4.79 Å². The minimum atomic E-state index is -0.243. The van der Waals surface area contributed by atoms with E-state index in [0.29, 0.717) is 0 Å². The van der Waals surface area contributed by atoms with Gasteiger partial charge in [-0.3, -0.25) is 9.59 Å². The predicted molar refractivity (Wildman–Crippen MR) is 83.4 cm³/mol. The molecule has 0 fully saturated rings. The van der Waals surface area contributed by atoms with Crippen molar-refractivity contribution >= 4 is 5.78 Å². The fourth-order valence-electron chi connectivity index (χ4n) is 2.35. The highest BCUT2D eigenvalue weighted by Gasteiger charge is 2.15. The highest BCUT2D eigenvalue weighted by Crippen LogP contribution is 2.28. The fraction of sp³-hybridized carbons (Fsp3) is 0.353. The number of carbonyl (C=O) groups excluding carboxylic acids is 1. The lowest BCUT2D eigenvalue weighted by Crippen LogP contribution is -2.27. The van der Waals surface area contributed by atoms with Crippen LogP contribution in [0.4, 0.5) is 0 Å². The first-order valence-corrected chi connectivity index (χ1v) is 7.07. The molecule has 0 radical (unpaired) electrons. The molecule has 1 aromatic heterocycles. The molecular formula is C17H20N2O2. The number of Topliss-reactive ketones (excluding diaryl/α,β-unsaturated/α-hetero) is 1. The van der Waals surface area contributed by atoms with E-state index < -0.39 is 0 Å². The van der Waals surface area contributed by atoms with E-state index in [1.807, 2.05) is 45.0 Å². The molecule has 0 N–H and O–H groups in total. The van der Waals surface area contributed by atoms with Gasteiger partial charge in [-0.25, -0.2) is 4.68 Å². The van der Waals surface area contributed by atoms with Crippen molar-refractivity contribution in [3.8, 4) is 11.1 Å². The third-order valence-electron chi connectivity index (χ3n) is 3.38. The van der Waals surface area contributed by atoms with Crippen LogP contribution in [0.25, 0.3) is 11.1 Å². The van der Waals surface area contributed by atoms with Crippen LogP contribution in [0.15, 0.2) is 35.1 Å². The van der Waals surface area contributed by atoms with Gasteiger partial charge in [0.05, 0.1) is 5.69 Å². The summed E-state index contributed by atoms with van der Waals surface area (Å²) in [6.07, 6.45) is 0. The molecule has 110 valence electrons. The zero-order valence-electron chi connectivity index (χ0n) is 12.9. The molecule has 21 heavy (non-hydrogen) atoms. The number of aryl methyl sites for hydroxylation is 1. The molecule has 0 unspecified atom stereocenters. The van der Waals surface area contributed by atoms with E-state index in [1.54, 1.807) is 6.07 Å². The number of rotatable bonds is 4. The fourth-order valence-corrected chi connectivity index (χ4v) is 2.35. The Balaban J connectivity index is 2.67. The van der Waals surface area contributed by atoms with Gasteiger partial charge in [0.2, 0.25) is 0 Å². The lowest BCUT2D eigenvalue weighted by Gasteiger charge is -2.15. The van der Waals surface area contributed by atoms with Crippen LogP contribution in [0, 0.1) is 6.92 Å². The van der Waals surface area contributed by atoms with E-state index in [0.717, 1.165) is 22.4 Å². The average molecular weight is 284 g/mol. The average Bonchev–Trinajstić information content (AvgIpc) is 2.40. The van der Waals surface area contributed by atoms with Crippen LogP contribution in [0.2, 0.25) is 0 Å². The van der Waals surface area contributed by atoms with E-state index >= 15 is 0 Å². The minimum absolute atomic E-state index is 0.0204. The Bertz CT molecular complexity index is 730. The Labute approximate surface area is 124 Å². The highest BCUT2D eigenvalue weighted by molar-refractivity contribution is 5.75. The smallest absolute Gasteiger partial charge is 0.267 e. The molecule has 4 heteroatoms. The van der Waals surface area contributed by atoms with Crippen LogP contribution in [0.5, 0.6) is 0 Å². The van der Waals surface area contributed by atoms with Gasteiger partial charge in [-0.1, -0.05) is 38.1 Å². The van der Waals surface area contributed by atoms with Crippen LogP contribution in [0.1, 0.15) is 37.9 Å². The van der Waals surface area contributed by atoms with E-state index in [1.165, 1.54) is 11.6 Å². The summed E-state index contributed by atoms with van der Waals surface area (Å²) in [5.74, 6) is 0.0846. The largest absolute Gasteiger partial charge is 0.298 e. The van der Waals surface area contributed by atoms with Crippen molar-refractivity contribution in [2.75, 3.05) is 0 Å².